The Morgan fingerprint density at radius 2 is 1.61 bits per heavy atom. The van der Waals surface area contributed by atoms with Crippen LogP contribution in [-0.2, 0) is 0 Å². The van der Waals surface area contributed by atoms with Crippen molar-refractivity contribution in [3.8, 4) is 16.9 Å². The van der Waals surface area contributed by atoms with Crippen molar-refractivity contribution in [1.82, 2.24) is 10.4 Å². The monoisotopic (exact) mass is 649 g/mol. The molecule has 6 nitrogen and oxygen atoms in total. The number of hydrazone groups is 1. The molecule has 0 aliphatic rings. The summed E-state index contributed by atoms with van der Waals surface area (Å²) in [5.41, 5.74) is 6.31. The highest BCUT2D eigenvalue weighted by Crippen LogP contribution is 2.34. The molecule has 1 heterocycles. The third kappa shape index (κ3) is 5.72. The van der Waals surface area contributed by atoms with Crippen LogP contribution in [0.15, 0.2) is 105 Å². The predicted octanol–water partition coefficient (Wildman–Crippen LogP) is 8.00. The van der Waals surface area contributed by atoms with E-state index in [2.05, 4.69) is 47.4 Å². The van der Waals surface area contributed by atoms with E-state index < -0.39 is 11.9 Å². The molecule has 0 atom stereocenters. The molecule has 188 valence electrons. The SMILES string of the molecule is O=C(Oc1ccc(Br)cc1C=NNC(=O)c1[nH]c2ccc(Br)cc2c1-c1ccccc1)c1ccc(Cl)cc1. The van der Waals surface area contributed by atoms with Crippen molar-refractivity contribution in [2.24, 2.45) is 5.10 Å². The van der Waals surface area contributed by atoms with Crippen molar-refractivity contribution < 1.29 is 14.3 Å². The van der Waals surface area contributed by atoms with Gasteiger partial charge < -0.3 is 9.72 Å². The maximum atomic E-state index is 13.3. The molecule has 4 aromatic carbocycles. The van der Waals surface area contributed by atoms with Crippen LogP contribution in [0.25, 0.3) is 22.0 Å². The van der Waals surface area contributed by atoms with Crippen LogP contribution in [0.3, 0.4) is 0 Å². The van der Waals surface area contributed by atoms with Gasteiger partial charge in [0.1, 0.15) is 11.4 Å². The number of fused-ring (bicyclic) bond motifs is 1. The van der Waals surface area contributed by atoms with Gasteiger partial charge in [0.25, 0.3) is 5.91 Å². The average molecular weight is 652 g/mol. The van der Waals surface area contributed by atoms with Gasteiger partial charge in [-0.1, -0.05) is 73.8 Å². The van der Waals surface area contributed by atoms with E-state index in [9.17, 15) is 9.59 Å². The van der Waals surface area contributed by atoms with Crippen LogP contribution in [-0.4, -0.2) is 23.1 Å². The molecule has 38 heavy (non-hydrogen) atoms. The second kappa shape index (κ2) is 11.3. The van der Waals surface area contributed by atoms with E-state index in [1.165, 1.54) is 6.21 Å². The molecule has 0 bridgehead atoms. The first kappa shape index (κ1) is 25.9. The molecular formula is C29H18Br2ClN3O3. The van der Waals surface area contributed by atoms with Crippen LogP contribution < -0.4 is 10.2 Å². The number of rotatable bonds is 6. The molecule has 1 aromatic heterocycles. The van der Waals surface area contributed by atoms with E-state index in [1.807, 2.05) is 48.5 Å². The van der Waals surface area contributed by atoms with Gasteiger partial charge in [0.15, 0.2) is 0 Å². The number of esters is 1. The number of benzene rings is 4. The second-order valence-corrected chi connectivity index (χ2v) is 10.5. The molecule has 5 rings (SSSR count). The number of halogens is 3. The highest BCUT2D eigenvalue weighted by Gasteiger charge is 2.19. The molecule has 9 heteroatoms. The normalized spacial score (nSPS) is 11.1. The topological polar surface area (TPSA) is 83.5 Å². The molecule has 0 fully saturated rings. The number of amides is 1. The molecule has 0 aliphatic carbocycles. The van der Waals surface area contributed by atoms with E-state index in [-0.39, 0.29) is 5.75 Å². The van der Waals surface area contributed by atoms with Crippen molar-refractivity contribution in [3.63, 3.8) is 0 Å². The molecule has 0 aliphatic heterocycles. The first-order chi connectivity index (χ1) is 18.4. The summed E-state index contributed by atoms with van der Waals surface area (Å²) in [5, 5.41) is 5.58. The summed E-state index contributed by atoms with van der Waals surface area (Å²) in [4.78, 5) is 29.1. The second-order valence-electron chi connectivity index (χ2n) is 8.21. The molecule has 1 amide bonds. The van der Waals surface area contributed by atoms with E-state index in [1.54, 1.807) is 42.5 Å². The molecule has 0 unspecified atom stereocenters. The van der Waals surface area contributed by atoms with Crippen LogP contribution in [0.2, 0.25) is 5.02 Å². The number of aromatic nitrogens is 1. The Labute approximate surface area is 239 Å². The Morgan fingerprint density at radius 1 is 0.895 bits per heavy atom. The molecular weight excluding hydrogens is 634 g/mol. The zero-order valence-electron chi connectivity index (χ0n) is 19.5. The van der Waals surface area contributed by atoms with Crippen molar-refractivity contribution in [2.45, 2.75) is 0 Å². The molecule has 0 saturated heterocycles. The summed E-state index contributed by atoms with van der Waals surface area (Å²) >= 11 is 12.8. The minimum atomic E-state index is -0.542. The first-order valence-corrected chi connectivity index (χ1v) is 13.3. The first-order valence-electron chi connectivity index (χ1n) is 11.4. The summed E-state index contributed by atoms with van der Waals surface area (Å²) in [6.45, 7) is 0. The minimum Gasteiger partial charge on any atom is -0.422 e. The maximum Gasteiger partial charge on any atom is 0.343 e. The number of nitrogens with one attached hydrogen (secondary N) is 2. The third-order valence-corrected chi connectivity index (χ3v) is 6.91. The Hall–Kier alpha value is -3.72. The average Bonchev–Trinajstić information content (AvgIpc) is 3.29. The predicted molar refractivity (Wildman–Crippen MR) is 157 cm³/mol. The van der Waals surface area contributed by atoms with Crippen LogP contribution in [0.4, 0.5) is 0 Å². The quantitative estimate of drug-likeness (QED) is 0.0845. The fourth-order valence-corrected chi connectivity index (χ4v) is 4.78. The van der Waals surface area contributed by atoms with Gasteiger partial charge >= 0.3 is 5.97 Å². The standard InChI is InChI=1S/C29H18Br2ClN3O3/c30-20-9-13-25(38-29(37)18-6-10-22(32)11-7-18)19(14-20)16-33-35-28(36)27-26(17-4-2-1-3-5-17)23-15-21(31)8-12-24(23)34-27/h1-16,34H,(H,35,36). The van der Waals surface area contributed by atoms with Crippen LogP contribution >= 0.6 is 43.5 Å². The zero-order valence-corrected chi connectivity index (χ0v) is 23.5. The number of carbonyl (C=O) groups is 2. The summed E-state index contributed by atoms with van der Waals surface area (Å²) in [5.74, 6) is -0.673. The van der Waals surface area contributed by atoms with Gasteiger partial charge in [0, 0.05) is 36.0 Å². The van der Waals surface area contributed by atoms with Crippen molar-refractivity contribution in [3.05, 3.63) is 122 Å². The van der Waals surface area contributed by atoms with Crippen LogP contribution in [0.5, 0.6) is 5.75 Å². The fourth-order valence-electron chi connectivity index (χ4n) is 3.91. The van der Waals surface area contributed by atoms with Crippen LogP contribution in [0.1, 0.15) is 26.4 Å². The third-order valence-electron chi connectivity index (χ3n) is 5.67. The van der Waals surface area contributed by atoms with Gasteiger partial charge in [-0.15, -0.1) is 0 Å². The highest BCUT2D eigenvalue weighted by atomic mass is 79.9. The van der Waals surface area contributed by atoms with Gasteiger partial charge in [-0.25, -0.2) is 10.2 Å². The number of carbonyl (C=O) groups excluding carboxylic acids is 2. The largest absolute Gasteiger partial charge is 0.422 e. The summed E-state index contributed by atoms with van der Waals surface area (Å²) in [6.07, 6.45) is 1.43. The van der Waals surface area contributed by atoms with E-state index in [4.69, 9.17) is 16.3 Å². The lowest BCUT2D eigenvalue weighted by Gasteiger charge is -2.08. The zero-order chi connectivity index (χ0) is 26.6. The lowest BCUT2D eigenvalue weighted by atomic mass is 10.0. The summed E-state index contributed by atoms with van der Waals surface area (Å²) in [7, 11) is 0. The molecule has 5 aromatic rings. The number of hydrogen-bond donors (Lipinski definition) is 2. The van der Waals surface area contributed by atoms with E-state index >= 15 is 0 Å². The number of aromatic amines is 1. The van der Waals surface area contributed by atoms with E-state index in [0.717, 1.165) is 31.0 Å². The van der Waals surface area contributed by atoms with Crippen LogP contribution in [0, 0.1) is 0 Å². The Bertz CT molecular complexity index is 1680. The number of hydrogen-bond acceptors (Lipinski definition) is 4. The molecule has 0 spiro atoms. The molecule has 0 radical (unpaired) electrons. The lowest BCUT2D eigenvalue weighted by molar-refractivity contribution is 0.0734. The summed E-state index contributed by atoms with van der Waals surface area (Å²) in [6, 6.07) is 27.0. The number of H-pyrrole nitrogens is 1. The van der Waals surface area contributed by atoms with Crippen molar-refractivity contribution in [2.75, 3.05) is 0 Å². The smallest absolute Gasteiger partial charge is 0.343 e. The van der Waals surface area contributed by atoms with Crippen molar-refractivity contribution >= 4 is 72.5 Å². The molecule has 2 N–H and O–H groups in total. The Kier molecular flexibility index (Phi) is 7.74. The number of nitrogens with zero attached hydrogens (tertiary/aromatic N) is 1. The van der Waals surface area contributed by atoms with Gasteiger partial charge in [-0.05, 0) is 66.2 Å². The minimum absolute atomic E-state index is 0.284. The summed E-state index contributed by atoms with van der Waals surface area (Å²) < 4.78 is 7.24. The van der Waals surface area contributed by atoms with Crippen molar-refractivity contribution in [1.29, 1.82) is 0 Å². The fraction of sp³-hybridized carbons (Fsp3) is 0. The van der Waals surface area contributed by atoms with Gasteiger partial charge in [0.05, 0.1) is 11.8 Å². The highest BCUT2D eigenvalue weighted by molar-refractivity contribution is 9.10. The maximum absolute atomic E-state index is 13.3. The van der Waals surface area contributed by atoms with Gasteiger partial charge in [0.2, 0.25) is 0 Å². The van der Waals surface area contributed by atoms with Gasteiger partial charge in [-0.3, -0.25) is 4.79 Å². The lowest BCUT2D eigenvalue weighted by Crippen LogP contribution is -2.19. The van der Waals surface area contributed by atoms with Gasteiger partial charge in [-0.2, -0.15) is 5.10 Å². The Balaban J connectivity index is 1.41. The number of ether oxygens (including phenoxy) is 1. The van der Waals surface area contributed by atoms with E-state index in [0.29, 0.717) is 21.8 Å². The Morgan fingerprint density at radius 3 is 2.37 bits per heavy atom. The molecule has 0 saturated carbocycles.